The van der Waals surface area contributed by atoms with Gasteiger partial charge in [-0.05, 0) is 65.6 Å². The van der Waals surface area contributed by atoms with E-state index in [4.69, 9.17) is 0 Å². The Morgan fingerprint density at radius 3 is 2.62 bits per heavy atom. The number of hydrogen-bond donors (Lipinski definition) is 0. The Labute approximate surface area is 140 Å². The highest BCUT2D eigenvalue weighted by Gasteiger charge is 2.31. The second-order valence-corrected chi connectivity index (χ2v) is 7.09. The fourth-order valence-corrected chi connectivity index (χ4v) is 3.81. The summed E-state index contributed by atoms with van der Waals surface area (Å²) in [5.74, 6) is 0.974. The summed E-state index contributed by atoms with van der Waals surface area (Å²) in [7, 11) is 0. The van der Waals surface area contributed by atoms with Gasteiger partial charge in [0.15, 0.2) is 0 Å². The number of alkyl halides is 3. The first-order valence-electron chi connectivity index (χ1n) is 6.51. The quantitative estimate of drug-likeness (QED) is 0.575. The van der Waals surface area contributed by atoms with Gasteiger partial charge in [-0.2, -0.15) is 13.2 Å². The molecule has 114 valence electrons. The topological polar surface area (TPSA) is 3.24 Å². The summed E-state index contributed by atoms with van der Waals surface area (Å²) in [6, 6.07) is 4.01. The molecule has 0 radical (unpaired) electrons. The molecule has 0 amide bonds. The molecule has 0 spiro atoms. The van der Waals surface area contributed by atoms with Gasteiger partial charge in [0.1, 0.15) is 0 Å². The smallest absolute Gasteiger partial charge is 0.339 e. The first-order chi connectivity index (χ1) is 9.84. The minimum Gasteiger partial charge on any atom is -0.339 e. The van der Waals surface area contributed by atoms with E-state index in [1.807, 2.05) is 39.8 Å². The first-order valence-corrected chi connectivity index (χ1v) is 8.57. The lowest BCUT2D eigenvalue weighted by atomic mass is 10.1. The highest BCUT2D eigenvalue weighted by molar-refractivity contribution is 14.1. The van der Waals surface area contributed by atoms with E-state index in [9.17, 15) is 13.2 Å². The maximum Gasteiger partial charge on any atom is 0.416 e. The third kappa shape index (κ3) is 3.77. The van der Waals surface area contributed by atoms with E-state index in [0.717, 1.165) is 17.5 Å². The monoisotopic (exact) mass is 425 g/mol. The normalized spacial score (nSPS) is 18.9. The predicted octanol–water partition coefficient (Wildman–Crippen LogP) is 5.67. The summed E-state index contributed by atoms with van der Waals surface area (Å²) in [5, 5.41) is 0. The zero-order chi connectivity index (χ0) is 15.6. The molecule has 0 saturated heterocycles. The fourth-order valence-electron chi connectivity index (χ4n) is 2.15. The Kier molecular flexibility index (Phi) is 5.29. The second-order valence-electron chi connectivity index (χ2n) is 4.59. The van der Waals surface area contributed by atoms with Gasteiger partial charge >= 0.3 is 6.18 Å². The molecule has 1 heterocycles. The van der Waals surface area contributed by atoms with Gasteiger partial charge in [0.2, 0.25) is 0 Å². The van der Waals surface area contributed by atoms with Crippen LogP contribution in [0.4, 0.5) is 18.9 Å². The number of halogens is 4. The number of thioether (sulfide) groups is 1. The van der Waals surface area contributed by atoms with Crippen LogP contribution in [-0.2, 0) is 6.18 Å². The SMILES string of the molecule is CCSC1=CC=CN(c2ccc(C(F)(F)F)cc2I)C1C. The molecule has 1 aliphatic rings. The van der Waals surface area contributed by atoms with Crippen molar-refractivity contribution in [3.63, 3.8) is 0 Å². The third-order valence-corrected chi connectivity index (χ3v) is 5.16. The van der Waals surface area contributed by atoms with Crippen molar-refractivity contribution in [3.8, 4) is 0 Å². The van der Waals surface area contributed by atoms with E-state index >= 15 is 0 Å². The number of anilines is 1. The zero-order valence-electron chi connectivity index (χ0n) is 11.6. The van der Waals surface area contributed by atoms with Crippen LogP contribution >= 0.6 is 34.4 Å². The molecule has 21 heavy (non-hydrogen) atoms. The average Bonchev–Trinajstić information content (AvgIpc) is 2.41. The Bertz CT molecular complexity index is 581. The first kappa shape index (κ1) is 16.7. The van der Waals surface area contributed by atoms with E-state index in [2.05, 4.69) is 19.9 Å². The molecule has 0 bridgehead atoms. The van der Waals surface area contributed by atoms with Gasteiger partial charge < -0.3 is 4.90 Å². The van der Waals surface area contributed by atoms with Crippen molar-refractivity contribution in [1.82, 2.24) is 0 Å². The second kappa shape index (κ2) is 6.64. The standard InChI is InChI=1S/C15H15F3INS/c1-3-21-14-5-4-8-20(10(14)2)13-7-6-11(9-12(13)19)15(16,17)18/h4-10H,3H2,1-2H3. The molecule has 1 aromatic rings. The van der Waals surface area contributed by atoms with Crippen LogP contribution < -0.4 is 4.90 Å². The Balaban J connectivity index is 2.31. The maximum absolute atomic E-state index is 12.7. The summed E-state index contributed by atoms with van der Waals surface area (Å²) < 4.78 is 38.8. The number of hydrogen-bond acceptors (Lipinski definition) is 2. The minimum absolute atomic E-state index is 0.130. The van der Waals surface area contributed by atoms with Crippen LogP contribution in [0.5, 0.6) is 0 Å². The van der Waals surface area contributed by atoms with Crippen molar-refractivity contribution >= 4 is 40.0 Å². The van der Waals surface area contributed by atoms with Crippen molar-refractivity contribution in [1.29, 1.82) is 0 Å². The van der Waals surface area contributed by atoms with E-state index in [-0.39, 0.29) is 6.04 Å². The van der Waals surface area contributed by atoms with Crippen LogP contribution in [0, 0.1) is 3.57 Å². The van der Waals surface area contributed by atoms with E-state index in [0.29, 0.717) is 3.57 Å². The van der Waals surface area contributed by atoms with Gasteiger partial charge in [0, 0.05) is 14.7 Å². The number of allylic oxidation sites excluding steroid dienone is 2. The van der Waals surface area contributed by atoms with Crippen LogP contribution in [0.3, 0.4) is 0 Å². The molecule has 0 aliphatic carbocycles. The molecule has 1 unspecified atom stereocenters. The molecule has 0 fully saturated rings. The molecule has 1 atom stereocenters. The Morgan fingerprint density at radius 2 is 2.05 bits per heavy atom. The summed E-state index contributed by atoms with van der Waals surface area (Å²) in [4.78, 5) is 3.23. The molecule has 2 rings (SSSR count). The molecular weight excluding hydrogens is 410 g/mol. The van der Waals surface area contributed by atoms with Gasteiger partial charge in [-0.15, -0.1) is 11.8 Å². The van der Waals surface area contributed by atoms with Crippen LogP contribution in [0.15, 0.2) is 41.5 Å². The fraction of sp³-hybridized carbons (Fsp3) is 0.333. The molecule has 0 N–H and O–H groups in total. The molecule has 6 heteroatoms. The molecule has 1 aliphatic heterocycles. The summed E-state index contributed by atoms with van der Waals surface area (Å²) in [6.07, 6.45) is 1.61. The predicted molar refractivity (Wildman–Crippen MR) is 91.5 cm³/mol. The van der Waals surface area contributed by atoms with Gasteiger partial charge in [0.25, 0.3) is 0 Å². The van der Waals surface area contributed by atoms with Crippen LogP contribution in [0.1, 0.15) is 19.4 Å². The van der Waals surface area contributed by atoms with Gasteiger partial charge in [-0.3, -0.25) is 0 Å². The largest absolute Gasteiger partial charge is 0.416 e. The lowest BCUT2D eigenvalue weighted by molar-refractivity contribution is -0.137. The minimum atomic E-state index is -4.30. The van der Waals surface area contributed by atoms with Gasteiger partial charge in [-0.25, -0.2) is 0 Å². The molecule has 0 saturated carbocycles. The lowest BCUT2D eigenvalue weighted by Gasteiger charge is -2.32. The summed E-state index contributed by atoms with van der Waals surface area (Å²) in [6.45, 7) is 4.15. The van der Waals surface area contributed by atoms with Gasteiger partial charge in [-0.1, -0.05) is 6.92 Å². The van der Waals surface area contributed by atoms with E-state index in [1.165, 1.54) is 11.0 Å². The van der Waals surface area contributed by atoms with Crippen LogP contribution in [0.25, 0.3) is 0 Å². The Hall–Kier alpha value is -0.630. The molecule has 1 aromatic carbocycles. The van der Waals surface area contributed by atoms with Gasteiger partial charge in [0.05, 0.1) is 17.3 Å². The van der Waals surface area contributed by atoms with Crippen molar-refractivity contribution in [2.24, 2.45) is 0 Å². The number of benzene rings is 1. The van der Waals surface area contributed by atoms with Crippen molar-refractivity contribution < 1.29 is 13.2 Å². The lowest BCUT2D eigenvalue weighted by Crippen LogP contribution is -2.31. The molecule has 0 aromatic heterocycles. The van der Waals surface area contributed by atoms with Crippen molar-refractivity contribution in [2.45, 2.75) is 26.1 Å². The Morgan fingerprint density at radius 1 is 1.33 bits per heavy atom. The maximum atomic E-state index is 12.7. The highest BCUT2D eigenvalue weighted by Crippen LogP contribution is 2.36. The number of nitrogens with zero attached hydrogens (tertiary/aromatic N) is 1. The third-order valence-electron chi connectivity index (χ3n) is 3.20. The van der Waals surface area contributed by atoms with Crippen molar-refractivity contribution in [3.05, 3.63) is 50.6 Å². The van der Waals surface area contributed by atoms with E-state index in [1.54, 1.807) is 17.8 Å². The zero-order valence-corrected chi connectivity index (χ0v) is 14.6. The molecule has 1 nitrogen and oxygen atoms in total. The number of rotatable bonds is 3. The average molecular weight is 425 g/mol. The van der Waals surface area contributed by atoms with Crippen molar-refractivity contribution in [2.75, 3.05) is 10.7 Å². The molecular formula is C15H15F3INS. The highest BCUT2D eigenvalue weighted by atomic mass is 127. The van der Waals surface area contributed by atoms with Crippen LogP contribution in [-0.4, -0.2) is 11.8 Å². The van der Waals surface area contributed by atoms with Crippen LogP contribution in [0.2, 0.25) is 0 Å². The van der Waals surface area contributed by atoms with E-state index < -0.39 is 11.7 Å². The summed E-state index contributed by atoms with van der Waals surface area (Å²) in [5.41, 5.74) is 0.192. The summed E-state index contributed by atoms with van der Waals surface area (Å²) >= 11 is 3.72.